The molecular weight excluding hydrogens is 296 g/mol. The Balaban J connectivity index is 2.13. The van der Waals surface area contributed by atoms with Crippen molar-refractivity contribution in [3.8, 4) is 6.07 Å². The first-order chi connectivity index (χ1) is 10.6. The van der Waals surface area contributed by atoms with Gasteiger partial charge in [-0.3, -0.25) is 4.79 Å². The number of benzene rings is 1. The Labute approximate surface area is 133 Å². The van der Waals surface area contributed by atoms with Gasteiger partial charge in [0.15, 0.2) is 5.82 Å². The summed E-state index contributed by atoms with van der Waals surface area (Å²) in [7, 11) is 0. The van der Waals surface area contributed by atoms with Gasteiger partial charge in [0, 0.05) is 4.90 Å². The molecule has 1 heterocycles. The Morgan fingerprint density at radius 2 is 2.14 bits per heavy atom. The highest BCUT2D eigenvalue weighted by Crippen LogP contribution is 2.26. The molecule has 1 atom stereocenters. The van der Waals surface area contributed by atoms with Crippen LogP contribution in [0.5, 0.6) is 0 Å². The van der Waals surface area contributed by atoms with E-state index in [1.807, 2.05) is 43.3 Å². The van der Waals surface area contributed by atoms with Crippen molar-refractivity contribution in [2.24, 2.45) is 0 Å². The molecule has 0 saturated heterocycles. The van der Waals surface area contributed by atoms with Gasteiger partial charge in [-0.05, 0) is 25.5 Å². The van der Waals surface area contributed by atoms with Gasteiger partial charge < -0.3 is 5.32 Å². The summed E-state index contributed by atoms with van der Waals surface area (Å²) in [5.74, 6) is 0.621. The highest BCUT2D eigenvalue weighted by Gasteiger charge is 2.19. The third-order valence-electron chi connectivity index (χ3n) is 2.96. The SMILES string of the molecule is CC[C@H](Sc1ccccc1)C(=O)Nc1nc(C)ncc1C#N. The van der Waals surface area contributed by atoms with E-state index in [4.69, 9.17) is 5.26 Å². The summed E-state index contributed by atoms with van der Waals surface area (Å²) < 4.78 is 0. The van der Waals surface area contributed by atoms with E-state index in [-0.39, 0.29) is 22.5 Å². The number of anilines is 1. The molecule has 0 unspecified atom stereocenters. The molecule has 0 saturated carbocycles. The van der Waals surface area contributed by atoms with E-state index >= 15 is 0 Å². The molecule has 112 valence electrons. The second-order valence-electron chi connectivity index (χ2n) is 4.61. The predicted molar refractivity (Wildman–Crippen MR) is 86.5 cm³/mol. The van der Waals surface area contributed by atoms with Crippen LogP contribution in [0.25, 0.3) is 0 Å². The lowest BCUT2D eigenvalue weighted by Crippen LogP contribution is -2.25. The lowest BCUT2D eigenvalue weighted by molar-refractivity contribution is -0.115. The molecule has 1 N–H and O–H groups in total. The van der Waals surface area contributed by atoms with E-state index in [1.54, 1.807) is 6.92 Å². The summed E-state index contributed by atoms with van der Waals surface area (Å²) in [6.07, 6.45) is 2.10. The normalized spacial score (nSPS) is 11.5. The molecule has 1 aromatic heterocycles. The largest absolute Gasteiger partial charge is 0.308 e. The van der Waals surface area contributed by atoms with Gasteiger partial charge in [0.25, 0.3) is 0 Å². The fourth-order valence-corrected chi connectivity index (χ4v) is 2.81. The van der Waals surface area contributed by atoms with E-state index in [9.17, 15) is 4.79 Å². The van der Waals surface area contributed by atoms with Crippen LogP contribution >= 0.6 is 11.8 Å². The number of thioether (sulfide) groups is 1. The number of nitrogens with one attached hydrogen (secondary N) is 1. The standard InChI is InChI=1S/C16H16N4OS/c1-3-14(22-13-7-5-4-6-8-13)16(21)20-15-12(9-17)10-18-11(2)19-15/h4-8,10,14H,3H2,1-2H3,(H,18,19,20,21)/t14-/m0/s1. The van der Waals surface area contributed by atoms with Crippen molar-refractivity contribution >= 4 is 23.5 Å². The molecule has 22 heavy (non-hydrogen) atoms. The summed E-state index contributed by atoms with van der Waals surface area (Å²) in [6, 6.07) is 11.7. The van der Waals surface area contributed by atoms with Gasteiger partial charge in [0.2, 0.25) is 5.91 Å². The van der Waals surface area contributed by atoms with Crippen molar-refractivity contribution < 1.29 is 4.79 Å². The first-order valence-corrected chi connectivity index (χ1v) is 7.78. The Bertz CT molecular complexity index is 697. The molecule has 2 rings (SSSR count). The maximum atomic E-state index is 12.4. The van der Waals surface area contributed by atoms with Crippen LogP contribution in [0, 0.1) is 18.3 Å². The molecule has 0 radical (unpaired) electrons. The Morgan fingerprint density at radius 1 is 1.41 bits per heavy atom. The van der Waals surface area contributed by atoms with Gasteiger partial charge in [-0.1, -0.05) is 25.1 Å². The molecule has 0 spiro atoms. The predicted octanol–water partition coefficient (Wildman–Crippen LogP) is 3.17. The number of amides is 1. The van der Waals surface area contributed by atoms with E-state index in [1.165, 1.54) is 18.0 Å². The first kappa shape index (κ1) is 16.0. The number of aryl methyl sites for hydroxylation is 1. The van der Waals surface area contributed by atoms with Gasteiger partial charge >= 0.3 is 0 Å². The molecule has 0 aliphatic rings. The molecular formula is C16H16N4OS. The first-order valence-electron chi connectivity index (χ1n) is 6.90. The minimum atomic E-state index is -0.246. The van der Waals surface area contributed by atoms with Crippen LogP contribution in [0.4, 0.5) is 5.82 Å². The number of aromatic nitrogens is 2. The van der Waals surface area contributed by atoms with Crippen LogP contribution in [0.3, 0.4) is 0 Å². The summed E-state index contributed by atoms with van der Waals surface area (Å²) in [4.78, 5) is 21.6. The van der Waals surface area contributed by atoms with Crippen molar-refractivity contribution in [1.82, 2.24) is 9.97 Å². The van der Waals surface area contributed by atoms with Crippen LogP contribution in [0.2, 0.25) is 0 Å². The average molecular weight is 312 g/mol. The van der Waals surface area contributed by atoms with Gasteiger partial charge in [-0.25, -0.2) is 9.97 Å². The lowest BCUT2D eigenvalue weighted by atomic mass is 10.3. The number of nitrogens with zero attached hydrogens (tertiary/aromatic N) is 3. The van der Waals surface area contributed by atoms with Crippen molar-refractivity contribution in [3.05, 3.63) is 47.9 Å². The smallest absolute Gasteiger partial charge is 0.239 e. The molecule has 0 aliphatic heterocycles. The molecule has 0 aliphatic carbocycles. The Kier molecular flexibility index (Phi) is 5.50. The molecule has 5 nitrogen and oxygen atoms in total. The van der Waals surface area contributed by atoms with E-state index < -0.39 is 0 Å². The monoisotopic (exact) mass is 312 g/mol. The fourth-order valence-electron chi connectivity index (χ4n) is 1.83. The minimum Gasteiger partial charge on any atom is -0.308 e. The number of nitriles is 1. The zero-order valence-corrected chi connectivity index (χ0v) is 13.2. The number of hydrogen-bond acceptors (Lipinski definition) is 5. The summed E-state index contributed by atoms with van der Waals surface area (Å²) in [5.41, 5.74) is 0.263. The third-order valence-corrected chi connectivity index (χ3v) is 4.33. The van der Waals surface area contributed by atoms with Gasteiger partial charge in [-0.2, -0.15) is 5.26 Å². The molecule has 1 aromatic carbocycles. The van der Waals surface area contributed by atoms with Crippen LogP contribution in [0.15, 0.2) is 41.4 Å². The van der Waals surface area contributed by atoms with Crippen LogP contribution in [-0.4, -0.2) is 21.1 Å². The maximum absolute atomic E-state index is 12.4. The Morgan fingerprint density at radius 3 is 2.77 bits per heavy atom. The molecule has 2 aromatic rings. The van der Waals surface area contributed by atoms with Crippen LogP contribution < -0.4 is 5.32 Å². The minimum absolute atomic E-state index is 0.161. The molecule has 6 heteroatoms. The summed E-state index contributed by atoms with van der Waals surface area (Å²) >= 11 is 1.50. The quantitative estimate of drug-likeness (QED) is 0.858. The number of hydrogen-bond donors (Lipinski definition) is 1. The third kappa shape index (κ3) is 4.06. The van der Waals surface area contributed by atoms with Crippen molar-refractivity contribution in [2.75, 3.05) is 5.32 Å². The second-order valence-corrected chi connectivity index (χ2v) is 5.88. The van der Waals surface area contributed by atoms with Crippen LogP contribution in [0.1, 0.15) is 24.7 Å². The van der Waals surface area contributed by atoms with Crippen molar-refractivity contribution in [2.45, 2.75) is 30.4 Å². The highest BCUT2D eigenvalue weighted by atomic mass is 32.2. The van der Waals surface area contributed by atoms with E-state index in [0.717, 1.165) is 4.90 Å². The summed E-state index contributed by atoms with van der Waals surface area (Å²) in [5, 5.41) is 11.6. The fraction of sp³-hybridized carbons (Fsp3) is 0.250. The molecule has 1 amide bonds. The second kappa shape index (κ2) is 7.57. The lowest BCUT2D eigenvalue weighted by Gasteiger charge is -2.15. The molecule has 0 bridgehead atoms. The number of carbonyl (C=O) groups excluding carboxylic acids is 1. The van der Waals surface area contributed by atoms with Crippen LogP contribution in [-0.2, 0) is 4.79 Å². The summed E-state index contributed by atoms with van der Waals surface area (Å²) in [6.45, 7) is 3.67. The topological polar surface area (TPSA) is 78.7 Å². The molecule has 0 fully saturated rings. The number of carbonyl (C=O) groups is 1. The van der Waals surface area contributed by atoms with Gasteiger partial charge in [0.1, 0.15) is 17.5 Å². The van der Waals surface area contributed by atoms with Crippen molar-refractivity contribution in [1.29, 1.82) is 5.26 Å². The highest BCUT2D eigenvalue weighted by molar-refractivity contribution is 8.00. The van der Waals surface area contributed by atoms with Gasteiger partial charge in [-0.15, -0.1) is 11.8 Å². The maximum Gasteiger partial charge on any atom is 0.239 e. The average Bonchev–Trinajstić information content (AvgIpc) is 2.53. The van der Waals surface area contributed by atoms with Crippen molar-refractivity contribution in [3.63, 3.8) is 0 Å². The number of rotatable bonds is 5. The van der Waals surface area contributed by atoms with E-state index in [0.29, 0.717) is 12.2 Å². The Hall–Kier alpha value is -2.39. The van der Waals surface area contributed by atoms with Gasteiger partial charge in [0.05, 0.1) is 11.4 Å². The zero-order chi connectivity index (χ0) is 15.9. The van der Waals surface area contributed by atoms with E-state index in [2.05, 4.69) is 15.3 Å². The zero-order valence-electron chi connectivity index (χ0n) is 12.4.